The van der Waals surface area contributed by atoms with Gasteiger partial charge in [0, 0.05) is 11.1 Å². The van der Waals surface area contributed by atoms with Crippen LogP contribution >= 0.6 is 0 Å². The first-order valence-corrected chi connectivity index (χ1v) is 8.34. The second-order valence-corrected chi connectivity index (χ2v) is 6.06. The molecule has 0 fully saturated rings. The summed E-state index contributed by atoms with van der Waals surface area (Å²) >= 11 is 0. The molecule has 4 aliphatic rings. The zero-order chi connectivity index (χ0) is 18.5. The highest BCUT2D eigenvalue weighted by molar-refractivity contribution is 5.68. The molecule has 6 rings (SSSR count). The molecule has 2 aromatic carbocycles. The highest BCUT2D eigenvalue weighted by Crippen LogP contribution is 2.27. The smallest absolute Gasteiger partial charge is 0.127 e. The topological polar surface area (TPSA) is 18.5 Å². The molecule has 128 valence electrons. The van der Waals surface area contributed by atoms with Crippen LogP contribution in [-0.2, 0) is 0 Å². The van der Waals surface area contributed by atoms with E-state index in [9.17, 15) is 0 Å². The van der Waals surface area contributed by atoms with Gasteiger partial charge in [0.25, 0.3) is 0 Å². The zero-order valence-corrected chi connectivity index (χ0v) is 15.4. The molecule has 2 aromatic rings. The average molecular weight is 340 g/mol. The van der Waals surface area contributed by atoms with Crippen molar-refractivity contribution in [2.24, 2.45) is 0 Å². The Kier molecular flexibility index (Phi) is 5.16. The third-order valence-corrected chi connectivity index (χ3v) is 4.31. The van der Waals surface area contributed by atoms with Gasteiger partial charge >= 0.3 is 0 Å². The van der Waals surface area contributed by atoms with Crippen LogP contribution in [0.15, 0.2) is 47.2 Å². The number of aryl methyl sites for hydroxylation is 2. The molecule has 4 aliphatic carbocycles. The van der Waals surface area contributed by atoms with Crippen molar-refractivity contribution in [2.45, 2.75) is 13.8 Å². The fourth-order valence-electron chi connectivity index (χ4n) is 2.82. The van der Waals surface area contributed by atoms with E-state index in [-0.39, 0.29) is 0 Å². The van der Waals surface area contributed by atoms with Crippen molar-refractivity contribution in [3.05, 3.63) is 80.6 Å². The maximum Gasteiger partial charge on any atom is 0.127 e. The Morgan fingerprint density at radius 1 is 0.538 bits per heavy atom. The van der Waals surface area contributed by atoms with Crippen LogP contribution in [0.25, 0.3) is 24.3 Å². The lowest BCUT2D eigenvalue weighted by Gasteiger charge is -2.08. The second-order valence-electron chi connectivity index (χ2n) is 6.06. The van der Waals surface area contributed by atoms with Gasteiger partial charge in [0.2, 0.25) is 0 Å². The lowest BCUT2D eigenvalue weighted by Crippen LogP contribution is -1.91. The number of ether oxygens (including phenoxy) is 2. The minimum absolute atomic E-state index is 0.783. The molecule has 0 saturated carbocycles. The molecular formula is C24H20O2. The lowest BCUT2D eigenvalue weighted by atomic mass is 10.0. The highest BCUT2D eigenvalue weighted by Gasteiger charge is 2.05. The van der Waals surface area contributed by atoms with E-state index < -0.39 is 0 Å². The third-order valence-electron chi connectivity index (χ3n) is 4.31. The van der Waals surface area contributed by atoms with E-state index in [1.54, 1.807) is 14.2 Å². The van der Waals surface area contributed by atoms with Crippen LogP contribution in [0.2, 0.25) is 0 Å². The monoisotopic (exact) mass is 340 g/mol. The predicted octanol–water partition coefficient (Wildman–Crippen LogP) is 5.60. The molecule has 0 aromatic heterocycles. The molecule has 0 N–H and O–H groups in total. The molecule has 0 atom stereocenters. The molecule has 0 aliphatic heterocycles. The largest absolute Gasteiger partial charge is 0.496 e. The van der Waals surface area contributed by atoms with Crippen molar-refractivity contribution < 1.29 is 9.47 Å². The van der Waals surface area contributed by atoms with Gasteiger partial charge in [-0.15, -0.1) is 0 Å². The van der Waals surface area contributed by atoms with Crippen LogP contribution < -0.4 is 9.47 Å². The fourth-order valence-corrected chi connectivity index (χ4v) is 2.82. The van der Waals surface area contributed by atoms with Crippen LogP contribution in [0.4, 0.5) is 0 Å². The summed E-state index contributed by atoms with van der Waals surface area (Å²) in [4.78, 5) is 0. The van der Waals surface area contributed by atoms with Gasteiger partial charge in [0.05, 0.1) is 14.2 Å². The van der Waals surface area contributed by atoms with Crippen molar-refractivity contribution in [3.63, 3.8) is 0 Å². The Hall–Kier alpha value is -3.36. The van der Waals surface area contributed by atoms with E-state index in [1.165, 1.54) is 0 Å². The van der Waals surface area contributed by atoms with Gasteiger partial charge in [-0.1, -0.05) is 22.9 Å². The van der Waals surface area contributed by atoms with Gasteiger partial charge in [-0.05, 0) is 84.7 Å². The van der Waals surface area contributed by atoms with Gasteiger partial charge in [0.1, 0.15) is 11.5 Å². The molecule has 0 heterocycles. The quantitative estimate of drug-likeness (QED) is 0.566. The summed E-state index contributed by atoms with van der Waals surface area (Å²) < 4.78 is 11.0. The van der Waals surface area contributed by atoms with Crippen molar-refractivity contribution in [1.29, 1.82) is 0 Å². The van der Waals surface area contributed by atoms with Crippen molar-refractivity contribution >= 4 is 24.3 Å². The number of rotatable bonds is 2. The van der Waals surface area contributed by atoms with E-state index >= 15 is 0 Å². The normalized spacial score (nSPS) is 11.5. The zero-order valence-electron chi connectivity index (χ0n) is 15.4. The Labute approximate surface area is 154 Å². The van der Waals surface area contributed by atoms with Gasteiger partial charge in [-0.2, -0.15) is 0 Å². The van der Waals surface area contributed by atoms with E-state index in [1.807, 2.05) is 36.4 Å². The third kappa shape index (κ3) is 3.66. The summed E-state index contributed by atoms with van der Waals surface area (Å²) in [5, 5.41) is 0. The van der Waals surface area contributed by atoms with Crippen LogP contribution in [0.3, 0.4) is 0 Å². The molecular weight excluding hydrogens is 320 g/mol. The first kappa shape index (κ1) is 17.5. The number of hydrogen-bond donors (Lipinski definition) is 0. The summed E-state index contributed by atoms with van der Waals surface area (Å²) in [6.07, 6.45) is 7.55. The van der Waals surface area contributed by atoms with Crippen molar-refractivity contribution in [2.75, 3.05) is 14.2 Å². The van der Waals surface area contributed by atoms with E-state index in [2.05, 4.69) is 48.9 Å². The first-order chi connectivity index (χ1) is 12.6. The Morgan fingerprint density at radius 2 is 0.885 bits per heavy atom. The van der Waals surface area contributed by atoms with Gasteiger partial charge in [0.15, 0.2) is 0 Å². The summed E-state index contributed by atoms with van der Waals surface area (Å²) in [7, 11) is 3.33. The number of methoxy groups -OCH3 is 2. The molecule has 26 heavy (non-hydrogen) atoms. The highest BCUT2D eigenvalue weighted by atomic mass is 16.5. The first-order valence-electron chi connectivity index (χ1n) is 8.34. The van der Waals surface area contributed by atoms with E-state index in [0.29, 0.717) is 0 Å². The maximum absolute atomic E-state index is 5.50. The standard InChI is InChI=1S/C24H20O2/c1-17-13-21-11-7-8-12-22-14-18(2)20(16-24(22)26-4)10-6-5-9-19(17)15-23(21)25-3/h9-16H,1-4H3. The molecule has 4 bridgehead atoms. The van der Waals surface area contributed by atoms with Crippen LogP contribution in [-0.4, -0.2) is 14.2 Å². The summed E-state index contributed by atoms with van der Waals surface area (Å²) in [5.41, 5.74) is 18.7. The molecule has 2 nitrogen and oxygen atoms in total. The van der Waals surface area contributed by atoms with E-state index in [4.69, 9.17) is 9.47 Å². The molecule has 0 unspecified atom stereocenters. The SMILES string of the molecule is COc1cc2c(C)cc1C=C=C=Cc1cc(C)c(cc1OC)C=C=C=C2. The van der Waals surface area contributed by atoms with E-state index in [0.717, 1.165) is 44.9 Å². The number of benzene rings is 2. The molecule has 0 spiro atoms. The summed E-state index contributed by atoms with van der Waals surface area (Å²) in [6, 6.07) is 8.12. The molecule has 0 amide bonds. The number of hydrogen-bond acceptors (Lipinski definition) is 2. The van der Waals surface area contributed by atoms with Gasteiger partial charge in [-0.25, -0.2) is 0 Å². The minimum atomic E-state index is 0.783. The Bertz CT molecular complexity index is 974. The summed E-state index contributed by atoms with van der Waals surface area (Å²) in [5.74, 6) is 1.57. The maximum atomic E-state index is 5.50. The molecule has 0 radical (unpaired) electrons. The minimum Gasteiger partial charge on any atom is -0.496 e. The second kappa shape index (κ2) is 7.68. The van der Waals surface area contributed by atoms with Gasteiger partial charge in [-0.3, -0.25) is 0 Å². The lowest BCUT2D eigenvalue weighted by molar-refractivity contribution is 0.413. The van der Waals surface area contributed by atoms with Gasteiger partial charge < -0.3 is 9.47 Å². The summed E-state index contributed by atoms with van der Waals surface area (Å²) in [6.45, 7) is 4.12. The average Bonchev–Trinajstić information content (AvgIpc) is 2.63. The van der Waals surface area contributed by atoms with Crippen LogP contribution in [0.5, 0.6) is 11.5 Å². The van der Waals surface area contributed by atoms with Crippen molar-refractivity contribution in [1.82, 2.24) is 0 Å². The van der Waals surface area contributed by atoms with Crippen LogP contribution in [0, 0.1) is 13.8 Å². The van der Waals surface area contributed by atoms with Crippen molar-refractivity contribution in [3.8, 4) is 11.5 Å². The fraction of sp³-hybridized carbons (Fsp3) is 0.167. The Balaban J connectivity index is 2.31. The predicted molar refractivity (Wildman–Crippen MR) is 107 cm³/mol. The molecule has 0 saturated heterocycles. The Morgan fingerprint density at radius 3 is 1.23 bits per heavy atom. The van der Waals surface area contributed by atoms with Crippen LogP contribution in [0.1, 0.15) is 33.4 Å². The molecule has 2 heteroatoms.